The average Bonchev–Trinajstić information content (AvgIpc) is 2.38. The normalized spacial score (nSPS) is 25.0. The lowest BCUT2D eigenvalue weighted by molar-refractivity contribution is -0.00225. The van der Waals surface area contributed by atoms with Gasteiger partial charge in [-0.2, -0.15) is 0 Å². The van der Waals surface area contributed by atoms with E-state index in [0.29, 0.717) is 0 Å². The van der Waals surface area contributed by atoms with Gasteiger partial charge in [-0.1, -0.05) is 15.9 Å². The predicted molar refractivity (Wildman–Crippen MR) is 74.2 cm³/mol. The molecule has 1 aliphatic rings. The van der Waals surface area contributed by atoms with Crippen LogP contribution in [0.5, 0.6) is 0 Å². The monoisotopic (exact) mass is 317 g/mol. The lowest BCUT2D eigenvalue weighted by Gasteiger charge is -2.36. The molecule has 0 saturated carbocycles. The maximum absolute atomic E-state index is 5.81. The van der Waals surface area contributed by atoms with Crippen molar-refractivity contribution < 1.29 is 4.74 Å². The molecule has 1 aromatic heterocycles. The first-order valence-electron chi connectivity index (χ1n) is 5.55. The molecule has 94 valence electrons. The first-order chi connectivity index (χ1) is 8.22. The summed E-state index contributed by atoms with van der Waals surface area (Å²) in [6, 6.07) is 2.04. The van der Waals surface area contributed by atoms with Crippen LogP contribution in [0, 0.1) is 0 Å². The van der Waals surface area contributed by atoms with E-state index in [9.17, 15) is 0 Å². The summed E-state index contributed by atoms with van der Waals surface area (Å²) >= 11 is 5.11. The number of anilines is 1. The molecule has 0 radical (unpaired) electrons. The molecule has 0 spiro atoms. The van der Waals surface area contributed by atoms with Crippen LogP contribution in [-0.2, 0) is 4.74 Å². The van der Waals surface area contributed by atoms with Crippen molar-refractivity contribution in [3.63, 3.8) is 0 Å². The van der Waals surface area contributed by atoms with E-state index in [1.54, 1.807) is 18.1 Å². The van der Waals surface area contributed by atoms with Gasteiger partial charge in [0.2, 0.25) is 0 Å². The highest BCUT2D eigenvalue weighted by Crippen LogP contribution is 2.21. The summed E-state index contributed by atoms with van der Waals surface area (Å²) in [4.78, 5) is 10.8. The number of halogens is 1. The summed E-state index contributed by atoms with van der Waals surface area (Å²) in [7, 11) is 0. The molecule has 2 rings (SSSR count). The predicted octanol–water partition coefficient (Wildman–Crippen LogP) is 2.19. The first-order valence-corrected chi connectivity index (χ1v) is 7.90. The van der Waals surface area contributed by atoms with Crippen LogP contribution in [0.2, 0.25) is 0 Å². The number of nitrogens with zero attached hydrogens (tertiary/aromatic N) is 3. The van der Waals surface area contributed by atoms with Crippen LogP contribution in [0.15, 0.2) is 17.4 Å². The van der Waals surface area contributed by atoms with E-state index in [-0.39, 0.29) is 12.2 Å². The summed E-state index contributed by atoms with van der Waals surface area (Å²) in [6.45, 7) is 3.85. The number of ether oxygens (including phenoxy) is 1. The molecule has 0 bridgehead atoms. The van der Waals surface area contributed by atoms with Crippen LogP contribution in [0.25, 0.3) is 0 Å². The van der Waals surface area contributed by atoms with Gasteiger partial charge >= 0.3 is 0 Å². The zero-order valence-corrected chi connectivity index (χ0v) is 12.4. The van der Waals surface area contributed by atoms with Gasteiger partial charge in [0.25, 0.3) is 0 Å². The second-order valence-corrected chi connectivity index (χ2v) is 5.52. The van der Waals surface area contributed by atoms with Crippen molar-refractivity contribution in [1.29, 1.82) is 0 Å². The molecule has 1 fully saturated rings. The van der Waals surface area contributed by atoms with Crippen LogP contribution in [0.4, 0.5) is 5.82 Å². The van der Waals surface area contributed by atoms with Crippen molar-refractivity contribution in [2.75, 3.05) is 29.6 Å². The summed E-state index contributed by atoms with van der Waals surface area (Å²) in [6.07, 6.45) is 4.12. The van der Waals surface area contributed by atoms with E-state index in [4.69, 9.17) is 4.74 Å². The van der Waals surface area contributed by atoms with Crippen LogP contribution >= 0.6 is 27.7 Å². The maximum Gasteiger partial charge on any atom is 0.133 e. The molecular formula is C11H16BrN3OS. The Morgan fingerprint density at radius 1 is 1.53 bits per heavy atom. The SMILES string of the molecule is CSc1cc(N2CC(C)OC(CBr)C2)ncn1. The van der Waals surface area contributed by atoms with Gasteiger partial charge in [0.15, 0.2) is 0 Å². The van der Waals surface area contributed by atoms with Crippen molar-refractivity contribution in [2.24, 2.45) is 0 Å². The lowest BCUT2D eigenvalue weighted by atomic mass is 10.2. The Bertz CT molecular complexity index is 379. The molecule has 0 amide bonds. The number of hydrogen-bond donors (Lipinski definition) is 0. The van der Waals surface area contributed by atoms with Crippen molar-refractivity contribution >= 4 is 33.5 Å². The molecule has 17 heavy (non-hydrogen) atoms. The molecule has 6 heteroatoms. The molecule has 2 unspecified atom stereocenters. The Morgan fingerprint density at radius 2 is 2.35 bits per heavy atom. The molecule has 0 aliphatic carbocycles. The summed E-state index contributed by atoms with van der Waals surface area (Å²) in [5.74, 6) is 0.991. The molecule has 1 aromatic rings. The number of aromatic nitrogens is 2. The van der Waals surface area contributed by atoms with Gasteiger partial charge in [0.1, 0.15) is 17.2 Å². The van der Waals surface area contributed by atoms with E-state index in [2.05, 4.69) is 37.7 Å². The van der Waals surface area contributed by atoms with Crippen molar-refractivity contribution in [1.82, 2.24) is 9.97 Å². The van der Waals surface area contributed by atoms with Crippen LogP contribution in [0.3, 0.4) is 0 Å². The van der Waals surface area contributed by atoms with Crippen molar-refractivity contribution in [3.05, 3.63) is 12.4 Å². The fourth-order valence-corrected chi connectivity index (χ4v) is 2.67. The Hall–Kier alpha value is -0.330. The smallest absolute Gasteiger partial charge is 0.133 e. The first kappa shape index (κ1) is 13.1. The molecule has 1 saturated heterocycles. The third-order valence-corrected chi connectivity index (χ3v) is 4.02. The van der Waals surface area contributed by atoms with E-state index < -0.39 is 0 Å². The highest BCUT2D eigenvalue weighted by atomic mass is 79.9. The molecule has 0 N–H and O–H groups in total. The van der Waals surface area contributed by atoms with Gasteiger partial charge in [-0.25, -0.2) is 9.97 Å². The minimum atomic E-state index is 0.228. The molecule has 4 nitrogen and oxygen atoms in total. The van der Waals surface area contributed by atoms with E-state index >= 15 is 0 Å². The standard InChI is InChI=1S/C11H16BrN3OS/c1-8-5-15(6-9(4-12)16-8)10-3-11(17-2)14-7-13-10/h3,7-9H,4-6H2,1-2H3. The fraction of sp³-hybridized carbons (Fsp3) is 0.636. The second kappa shape index (κ2) is 6.02. The van der Waals surface area contributed by atoms with Gasteiger partial charge in [-0.3, -0.25) is 0 Å². The van der Waals surface area contributed by atoms with Crippen molar-refractivity contribution in [3.8, 4) is 0 Å². The Labute approximate surface area is 114 Å². The summed E-state index contributed by atoms with van der Waals surface area (Å²) < 4.78 is 5.81. The Morgan fingerprint density at radius 3 is 3.06 bits per heavy atom. The van der Waals surface area contributed by atoms with Crippen molar-refractivity contribution in [2.45, 2.75) is 24.2 Å². The number of thioether (sulfide) groups is 1. The van der Waals surface area contributed by atoms with Crippen LogP contribution < -0.4 is 4.90 Å². The number of rotatable bonds is 3. The molecular weight excluding hydrogens is 302 g/mol. The Kier molecular flexibility index (Phi) is 4.64. The molecule has 0 aromatic carbocycles. The number of hydrogen-bond acceptors (Lipinski definition) is 5. The van der Waals surface area contributed by atoms with Crippen LogP contribution in [0.1, 0.15) is 6.92 Å². The fourth-order valence-electron chi connectivity index (χ4n) is 1.93. The van der Waals surface area contributed by atoms with Gasteiger partial charge in [0, 0.05) is 24.5 Å². The lowest BCUT2D eigenvalue weighted by Crippen LogP contribution is -2.47. The topological polar surface area (TPSA) is 38.2 Å². The molecule has 2 heterocycles. The van der Waals surface area contributed by atoms with Gasteiger partial charge in [-0.05, 0) is 13.2 Å². The summed E-state index contributed by atoms with van der Waals surface area (Å²) in [5, 5.41) is 1.86. The van der Waals surface area contributed by atoms with Gasteiger partial charge in [-0.15, -0.1) is 11.8 Å². The number of alkyl halides is 1. The number of morpholine rings is 1. The van der Waals surface area contributed by atoms with E-state index in [1.807, 2.05) is 12.3 Å². The highest BCUT2D eigenvalue weighted by Gasteiger charge is 2.25. The third kappa shape index (κ3) is 3.33. The minimum Gasteiger partial charge on any atom is -0.371 e. The zero-order valence-electron chi connectivity index (χ0n) is 9.97. The summed E-state index contributed by atoms with van der Waals surface area (Å²) in [5.41, 5.74) is 0. The third-order valence-electron chi connectivity index (χ3n) is 2.66. The van der Waals surface area contributed by atoms with E-state index in [0.717, 1.165) is 29.3 Å². The minimum absolute atomic E-state index is 0.228. The quantitative estimate of drug-likeness (QED) is 0.485. The van der Waals surface area contributed by atoms with E-state index in [1.165, 1.54) is 0 Å². The maximum atomic E-state index is 5.81. The molecule has 1 aliphatic heterocycles. The zero-order chi connectivity index (χ0) is 12.3. The molecule has 2 atom stereocenters. The highest BCUT2D eigenvalue weighted by molar-refractivity contribution is 9.09. The largest absolute Gasteiger partial charge is 0.371 e. The second-order valence-electron chi connectivity index (χ2n) is 4.05. The average molecular weight is 318 g/mol. The van der Waals surface area contributed by atoms with Gasteiger partial charge < -0.3 is 9.64 Å². The van der Waals surface area contributed by atoms with Gasteiger partial charge in [0.05, 0.1) is 12.2 Å². The van der Waals surface area contributed by atoms with Crippen LogP contribution in [-0.4, -0.2) is 46.9 Å². The Balaban J connectivity index is 2.14.